The van der Waals surface area contributed by atoms with Crippen LogP contribution in [0.15, 0.2) is 16.5 Å². The molecule has 27 heavy (non-hydrogen) atoms. The van der Waals surface area contributed by atoms with E-state index in [1.54, 1.807) is 18.2 Å². The molecule has 0 saturated heterocycles. The molecule has 0 N–H and O–H groups in total. The van der Waals surface area contributed by atoms with Crippen molar-refractivity contribution in [1.82, 2.24) is 10.2 Å². The Labute approximate surface area is 169 Å². The highest BCUT2D eigenvalue weighted by atomic mass is 35.6. The maximum absolute atomic E-state index is 11.3. The van der Waals surface area contributed by atoms with E-state index in [2.05, 4.69) is 14.9 Å². The second-order valence-corrected chi connectivity index (χ2v) is 7.18. The highest BCUT2D eigenvalue weighted by Crippen LogP contribution is 2.39. The molecule has 0 radical (unpaired) electrons. The van der Waals surface area contributed by atoms with Gasteiger partial charge in [0.2, 0.25) is 11.6 Å². The van der Waals surface area contributed by atoms with Crippen molar-refractivity contribution < 1.29 is 28.2 Å². The number of nitrogens with zero attached hydrogens (tertiary/aromatic N) is 2. The van der Waals surface area contributed by atoms with Crippen molar-refractivity contribution in [3.63, 3.8) is 0 Å². The Morgan fingerprint density at radius 2 is 1.74 bits per heavy atom. The van der Waals surface area contributed by atoms with E-state index in [0.29, 0.717) is 17.1 Å². The number of rotatable bonds is 7. The van der Waals surface area contributed by atoms with Crippen LogP contribution in [0.5, 0.6) is 17.2 Å². The summed E-state index contributed by atoms with van der Waals surface area (Å²) in [6.07, 6.45) is 3.18. The van der Waals surface area contributed by atoms with Crippen molar-refractivity contribution in [1.29, 1.82) is 0 Å². The summed E-state index contributed by atoms with van der Waals surface area (Å²) in [5.74, 6) is 0.424. The molecule has 0 aliphatic heterocycles. The van der Waals surface area contributed by atoms with E-state index in [4.69, 9.17) is 53.4 Å². The van der Waals surface area contributed by atoms with Crippen LogP contribution in [0.4, 0.5) is 0 Å². The maximum atomic E-state index is 11.3. The number of carbonyl (C=O) groups is 1. The summed E-state index contributed by atoms with van der Waals surface area (Å²) in [5, 5.41) is 7.42. The zero-order valence-corrected chi connectivity index (χ0v) is 16.8. The van der Waals surface area contributed by atoms with Gasteiger partial charge in [0.05, 0.1) is 21.3 Å². The van der Waals surface area contributed by atoms with Gasteiger partial charge in [-0.3, -0.25) is 0 Å². The lowest BCUT2D eigenvalue weighted by atomic mass is 10.1. The normalized spacial score (nSPS) is 11.5. The van der Waals surface area contributed by atoms with Gasteiger partial charge in [0.15, 0.2) is 18.1 Å². The number of hydrogen-bond donors (Lipinski definition) is 0. The number of aromatic nitrogens is 2. The second-order valence-electron chi connectivity index (χ2n) is 4.90. The molecule has 2 aromatic rings. The molecule has 0 aliphatic carbocycles. The Hall–Kier alpha value is -2.16. The van der Waals surface area contributed by atoms with Gasteiger partial charge in [0, 0.05) is 6.08 Å². The number of methoxy groups -OCH3 is 3. The van der Waals surface area contributed by atoms with Gasteiger partial charge < -0.3 is 23.4 Å². The molecule has 0 fully saturated rings. The van der Waals surface area contributed by atoms with Gasteiger partial charge in [0.1, 0.15) is 0 Å². The average Bonchev–Trinajstić information content (AvgIpc) is 3.13. The minimum absolute atomic E-state index is 0.139. The quantitative estimate of drug-likeness (QED) is 0.479. The molecular formula is C16H15Cl3N2O6. The number of ether oxygens (including phenoxy) is 4. The van der Waals surface area contributed by atoms with Gasteiger partial charge >= 0.3 is 5.97 Å². The first-order chi connectivity index (χ1) is 12.8. The van der Waals surface area contributed by atoms with Crippen LogP contribution in [0, 0.1) is 0 Å². The SMILES string of the molecule is COC(=O)COc1c(OC)cc(C=Cc2nnc(C(Cl)(Cl)Cl)o2)cc1OC. The Morgan fingerprint density at radius 1 is 1.11 bits per heavy atom. The third kappa shape index (κ3) is 5.66. The summed E-state index contributed by atoms with van der Waals surface area (Å²) >= 11 is 17.0. The van der Waals surface area contributed by atoms with E-state index in [1.165, 1.54) is 27.4 Å². The first kappa shape index (κ1) is 21.1. The minimum Gasteiger partial charge on any atom is -0.493 e. The van der Waals surface area contributed by atoms with Crippen LogP contribution in [0.25, 0.3) is 12.2 Å². The molecule has 11 heteroatoms. The van der Waals surface area contributed by atoms with Gasteiger partial charge in [0.25, 0.3) is 9.68 Å². The van der Waals surface area contributed by atoms with Crippen LogP contribution in [0.2, 0.25) is 0 Å². The van der Waals surface area contributed by atoms with Crippen molar-refractivity contribution in [3.05, 3.63) is 29.5 Å². The van der Waals surface area contributed by atoms with E-state index in [-0.39, 0.29) is 24.1 Å². The fourth-order valence-electron chi connectivity index (χ4n) is 1.91. The third-order valence-corrected chi connectivity index (χ3v) is 3.63. The van der Waals surface area contributed by atoms with Crippen molar-refractivity contribution in [3.8, 4) is 17.2 Å². The zero-order valence-electron chi connectivity index (χ0n) is 14.5. The molecule has 0 bridgehead atoms. The molecule has 1 aromatic carbocycles. The summed E-state index contributed by atoms with van der Waals surface area (Å²) in [7, 11) is 4.18. The molecule has 2 rings (SSSR count). The lowest BCUT2D eigenvalue weighted by molar-refractivity contribution is -0.142. The lowest BCUT2D eigenvalue weighted by Crippen LogP contribution is -2.13. The third-order valence-electron chi connectivity index (χ3n) is 3.15. The molecule has 0 aliphatic rings. The molecule has 1 aromatic heterocycles. The van der Waals surface area contributed by atoms with Gasteiger partial charge in [-0.05, 0) is 23.8 Å². The monoisotopic (exact) mass is 436 g/mol. The summed E-state index contributed by atoms with van der Waals surface area (Å²) in [5.41, 5.74) is 0.669. The van der Waals surface area contributed by atoms with Gasteiger partial charge in [-0.15, -0.1) is 10.2 Å². The molecule has 1 heterocycles. The summed E-state index contributed by atoms with van der Waals surface area (Å²) in [6, 6.07) is 3.33. The number of carbonyl (C=O) groups excluding carboxylic acids is 1. The smallest absolute Gasteiger partial charge is 0.343 e. The molecule has 0 spiro atoms. The molecule has 0 unspecified atom stereocenters. The predicted octanol–water partition coefficient (Wildman–Crippen LogP) is 3.64. The van der Waals surface area contributed by atoms with Gasteiger partial charge in [-0.1, -0.05) is 34.8 Å². The highest BCUT2D eigenvalue weighted by molar-refractivity contribution is 6.66. The summed E-state index contributed by atoms with van der Waals surface area (Å²) < 4.78 is 24.0. The fraction of sp³-hybridized carbons (Fsp3) is 0.312. The van der Waals surface area contributed by atoms with Crippen molar-refractivity contribution in [2.75, 3.05) is 27.9 Å². The highest BCUT2D eigenvalue weighted by Gasteiger charge is 2.29. The van der Waals surface area contributed by atoms with Crippen molar-refractivity contribution in [2.45, 2.75) is 3.79 Å². The van der Waals surface area contributed by atoms with E-state index in [1.807, 2.05) is 0 Å². The average molecular weight is 438 g/mol. The van der Waals surface area contributed by atoms with Crippen LogP contribution >= 0.6 is 34.8 Å². The standard InChI is InChI=1S/C16H15Cl3N2O6/c1-23-10-6-9(4-5-12-20-21-15(27-12)16(17,18)19)7-11(24-2)14(10)26-8-13(22)25-3/h4-7H,8H2,1-3H3. The first-order valence-electron chi connectivity index (χ1n) is 7.33. The number of hydrogen-bond acceptors (Lipinski definition) is 8. The Bertz CT molecular complexity index is 807. The predicted molar refractivity (Wildman–Crippen MR) is 99.5 cm³/mol. The largest absolute Gasteiger partial charge is 0.493 e. The number of halogens is 3. The van der Waals surface area contributed by atoms with Crippen LogP contribution < -0.4 is 14.2 Å². The van der Waals surface area contributed by atoms with E-state index < -0.39 is 9.76 Å². The molecule has 0 atom stereocenters. The second kappa shape index (κ2) is 9.16. The van der Waals surface area contributed by atoms with Gasteiger partial charge in [-0.2, -0.15) is 0 Å². The molecule has 0 saturated carbocycles. The van der Waals surface area contributed by atoms with Crippen LogP contribution in [0.3, 0.4) is 0 Å². The molecular weight excluding hydrogens is 423 g/mol. The number of alkyl halides is 3. The van der Waals surface area contributed by atoms with E-state index >= 15 is 0 Å². The fourth-order valence-corrected chi connectivity index (χ4v) is 2.14. The Balaban J connectivity index is 2.27. The van der Waals surface area contributed by atoms with Crippen LogP contribution in [-0.4, -0.2) is 44.1 Å². The zero-order chi connectivity index (χ0) is 20.0. The van der Waals surface area contributed by atoms with Gasteiger partial charge in [-0.25, -0.2) is 4.79 Å². The Kier molecular flexibility index (Phi) is 7.18. The minimum atomic E-state index is -1.80. The Morgan fingerprint density at radius 3 is 2.22 bits per heavy atom. The maximum Gasteiger partial charge on any atom is 0.343 e. The summed E-state index contributed by atoms with van der Waals surface area (Å²) in [6.45, 7) is -0.291. The lowest BCUT2D eigenvalue weighted by Gasteiger charge is -2.14. The van der Waals surface area contributed by atoms with Crippen LogP contribution in [0.1, 0.15) is 17.3 Å². The van der Waals surface area contributed by atoms with Crippen molar-refractivity contribution >= 4 is 52.9 Å². The summed E-state index contributed by atoms with van der Waals surface area (Å²) in [4.78, 5) is 11.3. The molecule has 146 valence electrons. The van der Waals surface area contributed by atoms with E-state index in [0.717, 1.165) is 0 Å². The van der Waals surface area contributed by atoms with E-state index in [9.17, 15) is 4.79 Å². The number of benzene rings is 1. The first-order valence-corrected chi connectivity index (χ1v) is 8.46. The van der Waals surface area contributed by atoms with Crippen molar-refractivity contribution in [2.24, 2.45) is 0 Å². The topological polar surface area (TPSA) is 92.9 Å². The van der Waals surface area contributed by atoms with Crippen LogP contribution in [-0.2, 0) is 13.3 Å². The molecule has 8 nitrogen and oxygen atoms in total. The number of esters is 1. The molecule has 0 amide bonds.